The number of carbonyl (C=O) groups is 1. The number of hydrogen-bond donors (Lipinski definition) is 1. The van der Waals surface area contributed by atoms with Gasteiger partial charge in [0.2, 0.25) is 5.91 Å². The van der Waals surface area contributed by atoms with Crippen LogP contribution in [-0.2, 0) is 11.2 Å². The molecule has 2 aromatic rings. The fraction of sp³-hybridized carbons (Fsp3) is 0.429. The van der Waals surface area contributed by atoms with Crippen LogP contribution < -0.4 is 5.32 Å². The molecule has 0 fully saturated rings. The van der Waals surface area contributed by atoms with Crippen molar-refractivity contribution in [2.75, 3.05) is 6.54 Å². The van der Waals surface area contributed by atoms with Crippen molar-refractivity contribution in [2.24, 2.45) is 5.92 Å². The Morgan fingerprint density at radius 3 is 3.06 bits per heavy atom. The Balaban J connectivity index is 1.90. The van der Waals surface area contributed by atoms with Gasteiger partial charge in [0.1, 0.15) is 5.52 Å². The molecule has 0 aliphatic heterocycles. The summed E-state index contributed by atoms with van der Waals surface area (Å²) in [6, 6.07) is 5.65. The van der Waals surface area contributed by atoms with E-state index >= 15 is 0 Å². The number of aromatic nitrogens is 1. The number of nitrogens with zero attached hydrogens (tertiary/aromatic N) is 1. The molecule has 1 N–H and O–H groups in total. The molecule has 0 radical (unpaired) electrons. The van der Waals surface area contributed by atoms with Gasteiger partial charge in [0.25, 0.3) is 0 Å². The highest BCUT2D eigenvalue weighted by Crippen LogP contribution is 2.14. The zero-order valence-electron chi connectivity index (χ0n) is 10.8. The highest BCUT2D eigenvalue weighted by atomic mass is 16.3. The Hall–Kier alpha value is -1.84. The van der Waals surface area contributed by atoms with Crippen molar-refractivity contribution in [3.63, 3.8) is 0 Å². The molecular formula is C14H18N2O2. The number of amides is 1. The van der Waals surface area contributed by atoms with Gasteiger partial charge in [0.05, 0.1) is 6.42 Å². The summed E-state index contributed by atoms with van der Waals surface area (Å²) in [5.74, 6) is 0.658. The third-order valence-corrected chi connectivity index (χ3v) is 2.80. The fourth-order valence-corrected chi connectivity index (χ4v) is 1.76. The number of oxazole rings is 1. The van der Waals surface area contributed by atoms with E-state index in [9.17, 15) is 4.79 Å². The normalized spacial score (nSPS) is 11.1. The van der Waals surface area contributed by atoms with E-state index in [1.165, 1.54) is 6.39 Å². The number of rotatable bonds is 5. The van der Waals surface area contributed by atoms with Crippen LogP contribution in [0, 0.1) is 5.92 Å². The van der Waals surface area contributed by atoms with E-state index < -0.39 is 0 Å². The second-order valence-corrected chi connectivity index (χ2v) is 4.86. The van der Waals surface area contributed by atoms with Crippen LogP contribution in [0.3, 0.4) is 0 Å². The number of nitrogens with one attached hydrogen (secondary N) is 1. The second kappa shape index (κ2) is 5.67. The topological polar surface area (TPSA) is 55.1 Å². The van der Waals surface area contributed by atoms with Crippen LogP contribution in [-0.4, -0.2) is 17.4 Å². The van der Waals surface area contributed by atoms with Gasteiger partial charge in [-0.1, -0.05) is 19.9 Å². The first kappa shape index (κ1) is 12.6. The molecule has 18 heavy (non-hydrogen) atoms. The summed E-state index contributed by atoms with van der Waals surface area (Å²) in [7, 11) is 0. The maximum absolute atomic E-state index is 11.7. The summed E-state index contributed by atoms with van der Waals surface area (Å²) in [4.78, 5) is 15.8. The Labute approximate surface area is 106 Å². The van der Waals surface area contributed by atoms with E-state index in [2.05, 4.69) is 24.1 Å². The third-order valence-electron chi connectivity index (χ3n) is 2.80. The van der Waals surface area contributed by atoms with Gasteiger partial charge in [0.15, 0.2) is 12.0 Å². The molecule has 0 unspecified atom stereocenters. The van der Waals surface area contributed by atoms with Crippen LogP contribution in [0.1, 0.15) is 25.8 Å². The predicted molar refractivity (Wildman–Crippen MR) is 70.2 cm³/mol. The first-order valence-electron chi connectivity index (χ1n) is 6.24. The first-order valence-corrected chi connectivity index (χ1v) is 6.24. The molecule has 0 saturated heterocycles. The monoisotopic (exact) mass is 246 g/mol. The van der Waals surface area contributed by atoms with Gasteiger partial charge < -0.3 is 9.73 Å². The molecule has 1 heterocycles. The average molecular weight is 246 g/mol. The van der Waals surface area contributed by atoms with Crippen molar-refractivity contribution in [3.05, 3.63) is 30.2 Å². The second-order valence-electron chi connectivity index (χ2n) is 4.86. The molecule has 0 spiro atoms. The fourth-order valence-electron chi connectivity index (χ4n) is 1.76. The molecule has 96 valence electrons. The van der Waals surface area contributed by atoms with Crippen molar-refractivity contribution in [2.45, 2.75) is 26.7 Å². The minimum absolute atomic E-state index is 0.0505. The third kappa shape index (κ3) is 3.32. The standard InChI is InChI=1S/C14H18N2O2/c1-10(2)5-6-15-14(17)8-11-3-4-12-13(7-11)18-9-16-12/h3-4,7,9-10H,5-6,8H2,1-2H3,(H,15,17). The highest BCUT2D eigenvalue weighted by Gasteiger charge is 2.06. The minimum atomic E-state index is 0.0505. The van der Waals surface area contributed by atoms with Crippen LogP contribution >= 0.6 is 0 Å². The van der Waals surface area contributed by atoms with Crippen molar-refractivity contribution in [1.82, 2.24) is 10.3 Å². The van der Waals surface area contributed by atoms with Crippen LogP contribution in [0.15, 0.2) is 29.0 Å². The van der Waals surface area contributed by atoms with Crippen molar-refractivity contribution in [1.29, 1.82) is 0 Å². The van der Waals surface area contributed by atoms with E-state index in [1.54, 1.807) is 0 Å². The molecule has 0 atom stereocenters. The zero-order valence-corrected chi connectivity index (χ0v) is 10.8. The van der Waals surface area contributed by atoms with E-state index in [4.69, 9.17) is 4.42 Å². The number of fused-ring (bicyclic) bond motifs is 1. The van der Waals surface area contributed by atoms with Crippen LogP contribution in [0.25, 0.3) is 11.1 Å². The Kier molecular flexibility index (Phi) is 3.97. The molecular weight excluding hydrogens is 228 g/mol. The van der Waals surface area contributed by atoms with Crippen molar-refractivity contribution in [3.8, 4) is 0 Å². The quantitative estimate of drug-likeness (QED) is 0.882. The molecule has 1 aromatic heterocycles. The molecule has 1 aromatic carbocycles. The summed E-state index contributed by atoms with van der Waals surface area (Å²) in [6.07, 6.45) is 2.80. The van der Waals surface area contributed by atoms with Crippen molar-refractivity contribution >= 4 is 17.0 Å². The van der Waals surface area contributed by atoms with Gasteiger partial charge in [-0.15, -0.1) is 0 Å². The van der Waals surface area contributed by atoms with Crippen LogP contribution in [0.2, 0.25) is 0 Å². The van der Waals surface area contributed by atoms with Gasteiger partial charge in [-0.3, -0.25) is 4.79 Å². The summed E-state index contributed by atoms with van der Waals surface area (Å²) < 4.78 is 5.21. The van der Waals surface area contributed by atoms with Gasteiger partial charge in [0, 0.05) is 6.54 Å². The van der Waals surface area contributed by atoms with Gasteiger partial charge in [-0.25, -0.2) is 4.98 Å². The molecule has 0 saturated carbocycles. The van der Waals surface area contributed by atoms with E-state index in [1.807, 2.05) is 18.2 Å². The summed E-state index contributed by atoms with van der Waals surface area (Å²) in [5, 5.41) is 2.92. The van der Waals surface area contributed by atoms with Gasteiger partial charge in [-0.05, 0) is 30.0 Å². The van der Waals surface area contributed by atoms with Crippen LogP contribution in [0.4, 0.5) is 0 Å². The van der Waals surface area contributed by atoms with Crippen molar-refractivity contribution < 1.29 is 9.21 Å². The lowest BCUT2D eigenvalue weighted by molar-refractivity contribution is -0.120. The molecule has 4 nitrogen and oxygen atoms in total. The first-order chi connectivity index (χ1) is 8.65. The number of benzene rings is 1. The average Bonchev–Trinajstić information content (AvgIpc) is 2.75. The molecule has 1 amide bonds. The number of carbonyl (C=O) groups excluding carboxylic acids is 1. The largest absolute Gasteiger partial charge is 0.443 e. The smallest absolute Gasteiger partial charge is 0.224 e. The number of hydrogen-bond acceptors (Lipinski definition) is 3. The molecule has 0 bridgehead atoms. The van der Waals surface area contributed by atoms with Crippen LogP contribution in [0.5, 0.6) is 0 Å². The zero-order chi connectivity index (χ0) is 13.0. The molecule has 2 rings (SSSR count). The van der Waals surface area contributed by atoms with Gasteiger partial charge in [-0.2, -0.15) is 0 Å². The summed E-state index contributed by atoms with van der Waals surface area (Å²) >= 11 is 0. The Bertz CT molecular complexity index is 531. The molecule has 4 heteroatoms. The maximum Gasteiger partial charge on any atom is 0.224 e. The van der Waals surface area contributed by atoms with Gasteiger partial charge >= 0.3 is 0 Å². The lowest BCUT2D eigenvalue weighted by Crippen LogP contribution is -2.26. The SMILES string of the molecule is CC(C)CCNC(=O)Cc1ccc2ncoc2c1. The lowest BCUT2D eigenvalue weighted by atomic mass is 10.1. The maximum atomic E-state index is 11.7. The highest BCUT2D eigenvalue weighted by molar-refractivity contribution is 5.80. The van der Waals surface area contributed by atoms with E-state index in [0.29, 0.717) is 12.3 Å². The summed E-state index contributed by atoms with van der Waals surface area (Å²) in [5.41, 5.74) is 2.49. The Morgan fingerprint density at radius 2 is 2.28 bits per heavy atom. The summed E-state index contributed by atoms with van der Waals surface area (Å²) in [6.45, 7) is 5.02. The van der Waals surface area contributed by atoms with E-state index in [-0.39, 0.29) is 5.91 Å². The minimum Gasteiger partial charge on any atom is -0.443 e. The lowest BCUT2D eigenvalue weighted by Gasteiger charge is -2.07. The predicted octanol–water partition coefficient (Wildman–Crippen LogP) is 2.53. The molecule has 0 aliphatic carbocycles. The molecule has 0 aliphatic rings. The van der Waals surface area contributed by atoms with E-state index in [0.717, 1.165) is 29.6 Å². The Morgan fingerprint density at radius 1 is 1.44 bits per heavy atom.